The van der Waals surface area contributed by atoms with Crippen LogP contribution in [-0.2, 0) is 6.54 Å². The Morgan fingerprint density at radius 1 is 1.21 bits per heavy atom. The van der Waals surface area contributed by atoms with E-state index in [1.165, 1.54) is 18.7 Å². The van der Waals surface area contributed by atoms with Gasteiger partial charge in [-0.25, -0.2) is 4.39 Å². The first-order valence-corrected chi connectivity index (χ1v) is 7.96. The van der Waals surface area contributed by atoms with Crippen LogP contribution in [0.3, 0.4) is 0 Å². The van der Waals surface area contributed by atoms with E-state index in [2.05, 4.69) is 22.0 Å². The van der Waals surface area contributed by atoms with Crippen molar-refractivity contribution in [2.45, 2.75) is 13.5 Å². The Bertz CT molecular complexity index is 903. The van der Waals surface area contributed by atoms with E-state index in [0.29, 0.717) is 11.3 Å². The lowest BCUT2D eigenvalue weighted by molar-refractivity contribution is 0.411. The van der Waals surface area contributed by atoms with Crippen LogP contribution in [0.4, 0.5) is 10.1 Å². The SMILES string of the molecule is CCN1Cc2cn[nH]c2-c2ccc(-c3ccc(OC)cc3F)cc21. The average molecular weight is 323 g/mol. The summed E-state index contributed by atoms with van der Waals surface area (Å²) in [4.78, 5) is 2.28. The summed E-state index contributed by atoms with van der Waals surface area (Å²) in [6, 6.07) is 11.0. The fraction of sp³-hybridized carbons (Fsp3) is 0.211. The van der Waals surface area contributed by atoms with Gasteiger partial charge in [-0.3, -0.25) is 5.10 Å². The Kier molecular flexibility index (Phi) is 3.49. The number of rotatable bonds is 3. The van der Waals surface area contributed by atoms with E-state index in [9.17, 15) is 4.39 Å². The number of aromatic amines is 1. The molecule has 0 atom stereocenters. The zero-order valence-electron chi connectivity index (χ0n) is 13.6. The first-order chi connectivity index (χ1) is 11.7. The van der Waals surface area contributed by atoms with Crippen molar-refractivity contribution >= 4 is 5.69 Å². The topological polar surface area (TPSA) is 41.2 Å². The molecule has 3 aromatic rings. The summed E-state index contributed by atoms with van der Waals surface area (Å²) < 4.78 is 19.5. The van der Waals surface area contributed by atoms with Crippen LogP contribution in [0, 0.1) is 5.82 Å². The van der Waals surface area contributed by atoms with Gasteiger partial charge in [0.2, 0.25) is 0 Å². The number of benzene rings is 2. The lowest BCUT2D eigenvalue weighted by atomic mass is 9.95. The number of nitrogens with one attached hydrogen (secondary N) is 1. The highest BCUT2D eigenvalue weighted by Gasteiger charge is 2.23. The molecule has 0 bridgehead atoms. The zero-order valence-corrected chi connectivity index (χ0v) is 13.6. The molecule has 0 aliphatic carbocycles. The first-order valence-electron chi connectivity index (χ1n) is 7.96. The molecule has 0 radical (unpaired) electrons. The Labute approximate surface area is 139 Å². The van der Waals surface area contributed by atoms with Gasteiger partial charge in [0.15, 0.2) is 0 Å². The van der Waals surface area contributed by atoms with Crippen LogP contribution in [0.5, 0.6) is 5.75 Å². The molecule has 0 fully saturated rings. The number of anilines is 1. The third-order valence-corrected chi connectivity index (χ3v) is 4.56. The number of halogens is 1. The second-order valence-corrected chi connectivity index (χ2v) is 5.86. The number of methoxy groups -OCH3 is 1. The molecule has 0 amide bonds. The number of aromatic nitrogens is 2. The van der Waals surface area contributed by atoms with E-state index in [-0.39, 0.29) is 5.82 Å². The molecule has 0 unspecified atom stereocenters. The number of fused-ring (bicyclic) bond motifs is 3. The standard InChI is InChI=1S/C19H18FN3O/c1-3-23-11-13-10-21-22-19(13)16-6-4-12(8-18(16)23)15-7-5-14(24-2)9-17(15)20/h4-10H,3,11H2,1-2H3,(H,21,22). The number of hydrogen-bond donors (Lipinski definition) is 1. The maximum atomic E-state index is 14.4. The molecule has 1 aliphatic heterocycles. The van der Waals surface area contributed by atoms with Gasteiger partial charge in [-0.15, -0.1) is 0 Å². The van der Waals surface area contributed by atoms with Gasteiger partial charge in [-0.05, 0) is 30.7 Å². The summed E-state index contributed by atoms with van der Waals surface area (Å²) in [6.07, 6.45) is 1.87. The van der Waals surface area contributed by atoms with Crippen LogP contribution in [-0.4, -0.2) is 23.9 Å². The highest BCUT2D eigenvalue weighted by Crippen LogP contribution is 2.40. The Morgan fingerprint density at radius 3 is 2.79 bits per heavy atom. The molecule has 2 aromatic carbocycles. The predicted molar refractivity (Wildman–Crippen MR) is 92.7 cm³/mol. The van der Waals surface area contributed by atoms with Crippen molar-refractivity contribution in [2.24, 2.45) is 0 Å². The van der Waals surface area contributed by atoms with Crippen molar-refractivity contribution in [1.82, 2.24) is 10.2 Å². The molecule has 1 N–H and O–H groups in total. The van der Waals surface area contributed by atoms with Gasteiger partial charge in [-0.2, -0.15) is 5.10 Å². The van der Waals surface area contributed by atoms with Crippen molar-refractivity contribution in [3.63, 3.8) is 0 Å². The first kappa shape index (κ1) is 14.8. The molecule has 0 saturated carbocycles. The maximum absolute atomic E-state index is 14.4. The minimum absolute atomic E-state index is 0.282. The summed E-state index contributed by atoms with van der Waals surface area (Å²) in [5.41, 5.74) is 5.87. The monoisotopic (exact) mass is 323 g/mol. The fourth-order valence-electron chi connectivity index (χ4n) is 3.27. The van der Waals surface area contributed by atoms with E-state index < -0.39 is 0 Å². The Hall–Kier alpha value is -2.82. The van der Waals surface area contributed by atoms with E-state index in [4.69, 9.17) is 4.74 Å². The molecule has 5 heteroatoms. The van der Waals surface area contributed by atoms with Crippen molar-refractivity contribution < 1.29 is 9.13 Å². The van der Waals surface area contributed by atoms with Gasteiger partial charge in [-0.1, -0.05) is 12.1 Å². The largest absolute Gasteiger partial charge is 0.497 e. The molecule has 1 aliphatic rings. The highest BCUT2D eigenvalue weighted by molar-refractivity contribution is 5.85. The van der Waals surface area contributed by atoms with Gasteiger partial charge >= 0.3 is 0 Å². The molecule has 2 heterocycles. The summed E-state index contributed by atoms with van der Waals surface area (Å²) >= 11 is 0. The lowest BCUT2D eigenvalue weighted by Gasteiger charge is -2.30. The van der Waals surface area contributed by atoms with Crippen molar-refractivity contribution in [2.75, 3.05) is 18.6 Å². The minimum atomic E-state index is -0.282. The Morgan fingerprint density at radius 2 is 2.04 bits per heavy atom. The smallest absolute Gasteiger partial charge is 0.134 e. The molecule has 24 heavy (non-hydrogen) atoms. The van der Waals surface area contributed by atoms with Gasteiger partial charge < -0.3 is 9.64 Å². The van der Waals surface area contributed by atoms with E-state index in [1.54, 1.807) is 12.1 Å². The van der Waals surface area contributed by atoms with Gasteiger partial charge in [0.1, 0.15) is 11.6 Å². The van der Waals surface area contributed by atoms with E-state index in [1.807, 2.05) is 24.4 Å². The average Bonchev–Trinajstić information content (AvgIpc) is 3.09. The van der Waals surface area contributed by atoms with Crippen molar-refractivity contribution in [3.05, 3.63) is 54.0 Å². The predicted octanol–water partition coefficient (Wildman–Crippen LogP) is 4.23. The molecular formula is C19H18FN3O. The van der Waals surface area contributed by atoms with Crippen molar-refractivity contribution in [3.8, 4) is 28.1 Å². The number of ether oxygens (including phenoxy) is 1. The minimum Gasteiger partial charge on any atom is -0.497 e. The second kappa shape index (κ2) is 5.67. The maximum Gasteiger partial charge on any atom is 0.134 e. The molecule has 0 saturated heterocycles. The van der Waals surface area contributed by atoms with E-state index >= 15 is 0 Å². The van der Waals surface area contributed by atoms with Crippen LogP contribution in [0.25, 0.3) is 22.4 Å². The molecule has 4 nitrogen and oxygen atoms in total. The number of nitrogens with zero attached hydrogens (tertiary/aromatic N) is 2. The molecule has 1 aromatic heterocycles. The molecule has 4 rings (SSSR count). The Balaban J connectivity index is 1.84. The van der Waals surface area contributed by atoms with Gasteiger partial charge in [0.25, 0.3) is 0 Å². The molecule has 0 spiro atoms. The van der Waals surface area contributed by atoms with Gasteiger partial charge in [0, 0.05) is 41.5 Å². The molecule has 122 valence electrons. The quantitative estimate of drug-likeness (QED) is 0.784. The third kappa shape index (κ3) is 2.24. The number of H-pyrrole nitrogens is 1. The van der Waals surface area contributed by atoms with Crippen LogP contribution >= 0.6 is 0 Å². The van der Waals surface area contributed by atoms with Crippen LogP contribution in [0.1, 0.15) is 12.5 Å². The van der Waals surface area contributed by atoms with Gasteiger partial charge in [0.05, 0.1) is 19.0 Å². The van der Waals surface area contributed by atoms with Crippen LogP contribution in [0.2, 0.25) is 0 Å². The summed E-state index contributed by atoms with van der Waals surface area (Å²) in [7, 11) is 1.54. The second-order valence-electron chi connectivity index (χ2n) is 5.86. The normalized spacial score (nSPS) is 12.7. The van der Waals surface area contributed by atoms with Crippen LogP contribution < -0.4 is 9.64 Å². The van der Waals surface area contributed by atoms with Crippen molar-refractivity contribution in [1.29, 1.82) is 0 Å². The summed E-state index contributed by atoms with van der Waals surface area (Å²) in [5, 5.41) is 7.24. The summed E-state index contributed by atoms with van der Waals surface area (Å²) in [5.74, 6) is 0.238. The highest BCUT2D eigenvalue weighted by atomic mass is 19.1. The fourth-order valence-corrected chi connectivity index (χ4v) is 3.27. The lowest BCUT2D eigenvalue weighted by Crippen LogP contribution is -2.25. The molecular weight excluding hydrogens is 305 g/mol. The third-order valence-electron chi connectivity index (χ3n) is 4.56. The summed E-state index contributed by atoms with van der Waals surface area (Å²) in [6.45, 7) is 3.81. The zero-order chi connectivity index (χ0) is 16.7. The van der Waals surface area contributed by atoms with E-state index in [0.717, 1.165) is 35.6 Å². The van der Waals surface area contributed by atoms with Crippen LogP contribution in [0.15, 0.2) is 42.6 Å². The number of hydrogen-bond acceptors (Lipinski definition) is 3.